The van der Waals surface area contributed by atoms with Crippen molar-refractivity contribution in [3.63, 3.8) is 0 Å². The molecule has 1 saturated carbocycles. The summed E-state index contributed by atoms with van der Waals surface area (Å²) in [6, 6.07) is 0. The molecule has 1 aromatic rings. The fourth-order valence-electron chi connectivity index (χ4n) is 1.09. The van der Waals surface area contributed by atoms with E-state index in [1.54, 1.807) is 12.5 Å². The van der Waals surface area contributed by atoms with E-state index in [0.29, 0.717) is 6.54 Å². The smallest absolute Gasteiger partial charge is 0.240 e. The number of hydrogen-bond donors (Lipinski definition) is 3. The summed E-state index contributed by atoms with van der Waals surface area (Å²) in [5.41, 5.74) is 6.00. The summed E-state index contributed by atoms with van der Waals surface area (Å²) in [6.45, 7) is 0.470. The number of carbonyl (C=O) groups excluding carboxylic acids is 1. The molecule has 0 radical (unpaired) electrons. The lowest BCUT2D eigenvalue weighted by Gasteiger charge is -2.08. The van der Waals surface area contributed by atoms with Crippen molar-refractivity contribution in [2.75, 3.05) is 0 Å². The zero-order valence-corrected chi connectivity index (χ0v) is 7.21. The molecule has 0 aromatic carbocycles. The highest BCUT2D eigenvalue weighted by atomic mass is 16.2. The first-order chi connectivity index (χ1) is 6.21. The number of nitrogens with zero attached hydrogens (tertiary/aromatic N) is 1. The van der Waals surface area contributed by atoms with Crippen LogP contribution in [-0.4, -0.2) is 21.4 Å². The lowest BCUT2D eigenvalue weighted by molar-refractivity contribution is -0.123. The van der Waals surface area contributed by atoms with Gasteiger partial charge in [-0.25, -0.2) is 4.98 Å². The molecule has 1 aliphatic carbocycles. The zero-order chi connectivity index (χ0) is 9.31. The van der Waals surface area contributed by atoms with Crippen LogP contribution in [0.15, 0.2) is 12.5 Å². The molecule has 1 aromatic heterocycles. The normalized spacial score (nSPS) is 18.2. The Morgan fingerprint density at radius 3 is 3.08 bits per heavy atom. The van der Waals surface area contributed by atoms with Gasteiger partial charge in [-0.2, -0.15) is 0 Å². The van der Waals surface area contributed by atoms with Crippen LogP contribution in [0.5, 0.6) is 0 Å². The minimum absolute atomic E-state index is 0.0675. The van der Waals surface area contributed by atoms with Crippen molar-refractivity contribution >= 4 is 5.91 Å². The molecular formula is C8H12N4O. The maximum Gasteiger partial charge on any atom is 0.240 e. The van der Waals surface area contributed by atoms with Gasteiger partial charge in [0.1, 0.15) is 0 Å². The number of imidazole rings is 1. The molecule has 1 heterocycles. The number of aromatic amines is 1. The van der Waals surface area contributed by atoms with E-state index in [1.807, 2.05) is 0 Å². The van der Waals surface area contributed by atoms with E-state index in [-0.39, 0.29) is 5.91 Å². The monoisotopic (exact) mass is 180 g/mol. The molecule has 0 unspecified atom stereocenters. The van der Waals surface area contributed by atoms with Crippen molar-refractivity contribution in [2.45, 2.75) is 24.9 Å². The van der Waals surface area contributed by atoms with Crippen LogP contribution in [-0.2, 0) is 11.3 Å². The second-order valence-corrected chi connectivity index (χ2v) is 3.42. The quantitative estimate of drug-likeness (QED) is 0.587. The highest BCUT2D eigenvalue weighted by molar-refractivity contribution is 5.88. The molecular weight excluding hydrogens is 168 g/mol. The second-order valence-electron chi connectivity index (χ2n) is 3.42. The highest BCUT2D eigenvalue weighted by Gasteiger charge is 2.45. The molecule has 4 N–H and O–H groups in total. The molecule has 0 saturated heterocycles. The molecule has 1 aliphatic rings. The van der Waals surface area contributed by atoms with Crippen molar-refractivity contribution in [3.05, 3.63) is 18.2 Å². The minimum atomic E-state index is -0.583. The number of carbonyl (C=O) groups is 1. The van der Waals surface area contributed by atoms with Gasteiger partial charge in [0.2, 0.25) is 5.91 Å². The van der Waals surface area contributed by atoms with Crippen LogP contribution in [0.4, 0.5) is 0 Å². The van der Waals surface area contributed by atoms with Gasteiger partial charge in [0, 0.05) is 6.20 Å². The fraction of sp³-hybridized carbons (Fsp3) is 0.500. The van der Waals surface area contributed by atoms with Crippen molar-refractivity contribution < 1.29 is 4.79 Å². The summed E-state index contributed by atoms with van der Waals surface area (Å²) in [6.07, 6.45) is 4.84. The Bertz CT molecular complexity index is 302. The van der Waals surface area contributed by atoms with Gasteiger partial charge in [0.15, 0.2) is 0 Å². The second kappa shape index (κ2) is 2.85. The lowest BCUT2D eigenvalue weighted by Crippen LogP contribution is -2.42. The first kappa shape index (κ1) is 8.25. The van der Waals surface area contributed by atoms with Crippen LogP contribution in [0.1, 0.15) is 18.5 Å². The predicted octanol–water partition coefficient (Wildman–Crippen LogP) is -0.483. The number of rotatable bonds is 3. The Morgan fingerprint density at radius 1 is 1.77 bits per heavy atom. The molecule has 0 bridgehead atoms. The molecule has 5 heteroatoms. The average molecular weight is 180 g/mol. The summed E-state index contributed by atoms with van der Waals surface area (Å²) in [5.74, 6) is -0.0675. The third-order valence-corrected chi connectivity index (χ3v) is 2.24. The SMILES string of the molecule is NC1(C(=O)NCc2cnc[nH]2)CC1. The minimum Gasteiger partial charge on any atom is -0.349 e. The lowest BCUT2D eigenvalue weighted by atomic mass is 10.3. The number of amides is 1. The molecule has 2 rings (SSSR count). The number of H-pyrrole nitrogens is 1. The van der Waals surface area contributed by atoms with Gasteiger partial charge in [-0.1, -0.05) is 0 Å². The van der Waals surface area contributed by atoms with Crippen LogP contribution in [0.3, 0.4) is 0 Å². The topological polar surface area (TPSA) is 83.8 Å². The van der Waals surface area contributed by atoms with Crippen molar-refractivity contribution in [2.24, 2.45) is 5.73 Å². The van der Waals surface area contributed by atoms with Gasteiger partial charge in [0.05, 0.1) is 24.1 Å². The van der Waals surface area contributed by atoms with Crippen molar-refractivity contribution in [1.82, 2.24) is 15.3 Å². The van der Waals surface area contributed by atoms with Gasteiger partial charge in [-0.3, -0.25) is 4.79 Å². The third kappa shape index (κ3) is 1.70. The first-order valence-corrected chi connectivity index (χ1v) is 4.25. The first-order valence-electron chi connectivity index (χ1n) is 4.25. The van der Waals surface area contributed by atoms with E-state index in [9.17, 15) is 4.79 Å². The van der Waals surface area contributed by atoms with Gasteiger partial charge in [0.25, 0.3) is 0 Å². The zero-order valence-electron chi connectivity index (χ0n) is 7.21. The molecule has 0 spiro atoms. The van der Waals surface area contributed by atoms with Crippen molar-refractivity contribution in [1.29, 1.82) is 0 Å². The van der Waals surface area contributed by atoms with E-state index in [0.717, 1.165) is 18.5 Å². The van der Waals surface area contributed by atoms with E-state index in [2.05, 4.69) is 15.3 Å². The maximum atomic E-state index is 11.4. The van der Waals surface area contributed by atoms with E-state index in [1.165, 1.54) is 0 Å². The Kier molecular flexibility index (Phi) is 1.81. The average Bonchev–Trinajstić information content (AvgIpc) is 2.70. The third-order valence-electron chi connectivity index (χ3n) is 2.24. The molecule has 1 amide bonds. The summed E-state index contributed by atoms with van der Waals surface area (Å²) in [7, 11) is 0. The Balaban J connectivity index is 1.83. The molecule has 70 valence electrons. The van der Waals surface area contributed by atoms with Crippen LogP contribution >= 0.6 is 0 Å². The van der Waals surface area contributed by atoms with Crippen LogP contribution in [0, 0.1) is 0 Å². The summed E-state index contributed by atoms with van der Waals surface area (Å²) >= 11 is 0. The standard InChI is InChI=1S/C8H12N4O/c9-8(1-2-8)7(13)11-4-6-3-10-5-12-6/h3,5H,1-2,4,9H2,(H,10,12)(H,11,13). The van der Waals surface area contributed by atoms with Crippen LogP contribution < -0.4 is 11.1 Å². The number of nitrogens with one attached hydrogen (secondary N) is 2. The van der Waals surface area contributed by atoms with Crippen LogP contribution in [0.2, 0.25) is 0 Å². The van der Waals surface area contributed by atoms with Gasteiger partial charge in [-0.15, -0.1) is 0 Å². The summed E-state index contributed by atoms with van der Waals surface area (Å²) < 4.78 is 0. The van der Waals surface area contributed by atoms with E-state index >= 15 is 0 Å². The van der Waals surface area contributed by atoms with Gasteiger partial charge >= 0.3 is 0 Å². The molecule has 0 atom stereocenters. The summed E-state index contributed by atoms with van der Waals surface area (Å²) in [4.78, 5) is 18.1. The predicted molar refractivity (Wildman–Crippen MR) is 46.6 cm³/mol. The van der Waals surface area contributed by atoms with Gasteiger partial charge < -0.3 is 16.0 Å². The van der Waals surface area contributed by atoms with E-state index in [4.69, 9.17) is 5.73 Å². The number of hydrogen-bond acceptors (Lipinski definition) is 3. The molecule has 5 nitrogen and oxygen atoms in total. The Hall–Kier alpha value is -1.36. The largest absolute Gasteiger partial charge is 0.349 e. The van der Waals surface area contributed by atoms with E-state index < -0.39 is 5.54 Å². The molecule has 13 heavy (non-hydrogen) atoms. The van der Waals surface area contributed by atoms with Gasteiger partial charge in [-0.05, 0) is 12.8 Å². The summed E-state index contributed by atoms with van der Waals surface area (Å²) in [5, 5.41) is 2.75. The number of nitrogens with two attached hydrogens (primary N) is 1. The van der Waals surface area contributed by atoms with Crippen molar-refractivity contribution in [3.8, 4) is 0 Å². The molecule has 0 aliphatic heterocycles. The Labute approximate surface area is 75.7 Å². The molecule has 1 fully saturated rings. The fourth-order valence-corrected chi connectivity index (χ4v) is 1.09. The number of aromatic nitrogens is 2. The highest BCUT2D eigenvalue weighted by Crippen LogP contribution is 2.32. The maximum absolute atomic E-state index is 11.4. The Morgan fingerprint density at radius 2 is 2.54 bits per heavy atom. The van der Waals surface area contributed by atoms with Crippen LogP contribution in [0.25, 0.3) is 0 Å².